The van der Waals surface area contributed by atoms with E-state index < -0.39 is 0 Å². The van der Waals surface area contributed by atoms with Crippen molar-refractivity contribution in [2.45, 2.75) is 13.1 Å². The Balaban J connectivity index is 2.23. The number of pyridine rings is 1. The molecule has 15 heavy (non-hydrogen) atoms. The zero-order chi connectivity index (χ0) is 10.7. The van der Waals surface area contributed by atoms with E-state index in [1.54, 1.807) is 12.4 Å². The van der Waals surface area contributed by atoms with Gasteiger partial charge in [-0.1, -0.05) is 6.07 Å². The molecular weight excluding hydrogens is 256 g/mol. The highest BCUT2D eigenvalue weighted by atomic mass is 79.9. The van der Waals surface area contributed by atoms with Crippen molar-refractivity contribution in [2.75, 3.05) is 0 Å². The molecule has 0 saturated heterocycles. The molecule has 4 nitrogen and oxygen atoms in total. The predicted octanol–water partition coefficient (Wildman–Crippen LogP) is 1.55. The van der Waals surface area contributed by atoms with Crippen molar-refractivity contribution in [3.63, 3.8) is 0 Å². The van der Waals surface area contributed by atoms with Crippen LogP contribution in [0.4, 0.5) is 0 Å². The molecule has 78 valence electrons. The second-order valence-corrected chi connectivity index (χ2v) is 4.09. The van der Waals surface area contributed by atoms with Crippen molar-refractivity contribution in [2.24, 2.45) is 5.73 Å². The second-order valence-electron chi connectivity index (χ2n) is 3.17. The van der Waals surface area contributed by atoms with Gasteiger partial charge < -0.3 is 5.73 Å². The fourth-order valence-electron chi connectivity index (χ4n) is 1.40. The molecule has 2 N–H and O–H groups in total. The Morgan fingerprint density at radius 2 is 2.33 bits per heavy atom. The van der Waals surface area contributed by atoms with Gasteiger partial charge in [0.05, 0.1) is 22.9 Å². The zero-order valence-electron chi connectivity index (χ0n) is 8.10. The second kappa shape index (κ2) is 4.55. The summed E-state index contributed by atoms with van der Waals surface area (Å²) in [7, 11) is 0. The van der Waals surface area contributed by atoms with Gasteiger partial charge in [-0.2, -0.15) is 5.10 Å². The van der Waals surface area contributed by atoms with E-state index in [1.165, 1.54) is 0 Å². The van der Waals surface area contributed by atoms with Gasteiger partial charge in [-0.25, -0.2) is 0 Å². The summed E-state index contributed by atoms with van der Waals surface area (Å²) in [5.74, 6) is 0. The Hall–Kier alpha value is -1.20. The van der Waals surface area contributed by atoms with Crippen LogP contribution < -0.4 is 5.73 Å². The smallest absolute Gasteiger partial charge is 0.0678 e. The molecule has 0 aliphatic heterocycles. The lowest BCUT2D eigenvalue weighted by atomic mass is 10.2. The summed E-state index contributed by atoms with van der Waals surface area (Å²) >= 11 is 3.36. The summed E-state index contributed by atoms with van der Waals surface area (Å²) in [5, 5.41) is 4.19. The number of nitrogens with two attached hydrogens (primary N) is 1. The average molecular weight is 267 g/mol. The van der Waals surface area contributed by atoms with Crippen molar-refractivity contribution in [3.8, 4) is 0 Å². The zero-order valence-corrected chi connectivity index (χ0v) is 9.68. The lowest BCUT2D eigenvalue weighted by Gasteiger charge is -2.06. The molecule has 0 aliphatic carbocycles. The van der Waals surface area contributed by atoms with E-state index in [0.717, 1.165) is 15.7 Å². The molecule has 5 heteroatoms. The van der Waals surface area contributed by atoms with Gasteiger partial charge in [0.1, 0.15) is 0 Å². The van der Waals surface area contributed by atoms with E-state index >= 15 is 0 Å². The molecule has 2 aromatic rings. The lowest BCUT2D eigenvalue weighted by molar-refractivity contribution is 0.676. The van der Waals surface area contributed by atoms with Gasteiger partial charge in [0.25, 0.3) is 0 Å². The third kappa shape index (κ3) is 2.43. The van der Waals surface area contributed by atoms with Gasteiger partial charge >= 0.3 is 0 Å². The highest BCUT2D eigenvalue weighted by molar-refractivity contribution is 9.10. The minimum Gasteiger partial charge on any atom is -0.325 e. The van der Waals surface area contributed by atoms with Crippen LogP contribution in [0.2, 0.25) is 0 Å². The monoisotopic (exact) mass is 266 g/mol. The summed E-state index contributed by atoms with van der Waals surface area (Å²) in [4.78, 5) is 4.22. The fourth-order valence-corrected chi connectivity index (χ4v) is 1.73. The van der Waals surface area contributed by atoms with E-state index in [1.807, 2.05) is 23.0 Å². The average Bonchev–Trinajstić information content (AvgIpc) is 2.65. The number of hydrogen-bond acceptors (Lipinski definition) is 3. The Kier molecular flexibility index (Phi) is 3.13. The molecule has 2 rings (SSSR count). The number of hydrogen-bond donors (Lipinski definition) is 1. The van der Waals surface area contributed by atoms with Crippen LogP contribution in [-0.4, -0.2) is 14.8 Å². The molecule has 2 aromatic heterocycles. The predicted molar refractivity (Wildman–Crippen MR) is 61.2 cm³/mol. The molecule has 0 bridgehead atoms. The van der Waals surface area contributed by atoms with Crippen LogP contribution in [0, 0.1) is 0 Å². The van der Waals surface area contributed by atoms with E-state index in [9.17, 15) is 0 Å². The van der Waals surface area contributed by atoms with Crippen LogP contribution in [0.15, 0.2) is 35.2 Å². The van der Waals surface area contributed by atoms with Crippen molar-refractivity contribution >= 4 is 15.9 Å². The normalized spacial score (nSPS) is 10.5. The number of nitrogens with zero attached hydrogens (tertiary/aromatic N) is 3. The topological polar surface area (TPSA) is 56.7 Å². The molecule has 0 aliphatic rings. The fraction of sp³-hybridized carbons (Fsp3) is 0.200. The largest absolute Gasteiger partial charge is 0.325 e. The van der Waals surface area contributed by atoms with Crippen LogP contribution in [0.25, 0.3) is 0 Å². The van der Waals surface area contributed by atoms with E-state index in [-0.39, 0.29) is 0 Å². The minimum atomic E-state index is 0.457. The first-order valence-electron chi connectivity index (χ1n) is 4.60. The first kappa shape index (κ1) is 10.3. The van der Waals surface area contributed by atoms with E-state index in [2.05, 4.69) is 26.0 Å². The van der Waals surface area contributed by atoms with Crippen LogP contribution in [0.5, 0.6) is 0 Å². The van der Waals surface area contributed by atoms with Crippen molar-refractivity contribution in [1.29, 1.82) is 0 Å². The molecule has 2 heterocycles. The van der Waals surface area contributed by atoms with Gasteiger partial charge in [-0.15, -0.1) is 0 Å². The molecule has 0 fully saturated rings. The molecule has 0 radical (unpaired) electrons. The first-order valence-corrected chi connectivity index (χ1v) is 5.39. The Morgan fingerprint density at radius 3 is 3.00 bits per heavy atom. The molecular formula is C10H11BrN4. The molecule has 0 unspecified atom stereocenters. The standard InChI is InChI=1S/C10H11BrN4/c11-9-5-14-15(7-9)6-8-2-1-3-13-10(8)4-12/h1-3,5,7H,4,6,12H2. The van der Waals surface area contributed by atoms with Crippen molar-refractivity contribution in [1.82, 2.24) is 14.8 Å². The molecule has 0 atom stereocenters. The SMILES string of the molecule is NCc1ncccc1Cn1cc(Br)cn1. The Bertz CT molecular complexity index is 452. The van der Waals surface area contributed by atoms with Gasteiger partial charge in [-0.3, -0.25) is 9.67 Å². The van der Waals surface area contributed by atoms with Gasteiger partial charge in [0.15, 0.2) is 0 Å². The minimum absolute atomic E-state index is 0.457. The molecule has 0 aromatic carbocycles. The third-order valence-corrected chi connectivity index (χ3v) is 2.52. The number of aromatic nitrogens is 3. The van der Waals surface area contributed by atoms with Crippen molar-refractivity contribution in [3.05, 3.63) is 46.5 Å². The summed E-state index contributed by atoms with van der Waals surface area (Å²) in [6, 6.07) is 3.93. The number of halogens is 1. The maximum absolute atomic E-state index is 5.61. The van der Waals surface area contributed by atoms with Gasteiger partial charge in [-0.05, 0) is 27.6 Å². The number of rotatable bonds is 3. The Labute approximate surface area is 96.3 Å². The van der Waals surface area contributed by atoms with Crippen LogP contribution >= 0.6 is 15.9 Å². The quantitative estimate of drug-likeness (QED) is 0.917. The van der Waals surface area contributed by atoms with E-state index in [4.69, 9.17) is 5.73 Å². The summed E-state index contributed by atoms with van der Waals surface area (Å²) in [6.07, 6.45) is 5.44. The highest BCUT2D eigenvalue weighted by Gasteiger charge is 2.03. The Morgan fingerprint density at radius 1 is 1.47 bits per heavy atom. The van der Waals surface area contributed by atoms with Gasteiger partial charge in [0.2, 0.25) is 0 Å². The third-order valence-electron chi connectivity index (χ3n) is 2.11. The lowest BCUT2D eigenvalue weighted by Crippen LogP contribution is -2.08. The highest BCUT2D eigenvalue weighted by Crippen LogP contribution is 2.10. The van der Waals surface area contributed by atoms with E-state index in [0.29, 0.717) is 13.1 Å². The summed E-state index contributed by atoms with van der Waals surface area (Å²) < 4.78 is 2.82. The van der Waals surface area contributed by atoms with Crippen LogP contribution in [0.1, 0.15) is 11.3 Å². The van der Waals surface area contributed by atoms with Gasteiger partial charge in [0, 0.05) is 18.9 Å². The van der Waals surface area contributed by atoms with Crippen LogP contribution in [-0.2, 0) is 13.1 Å². The summed E-state index contributed by atoms with van der Waals surface area (Å²) in [5.41, 5.74) is 7.64. The van der Waals surface area contributed by atoms with Crippen molar-refractivity contribution < 1.29 is 0 Å². The molecule has 0 saturated carbocycles. The summed E-state index contributed by atoms with van der Waals surface area (Å²) in [6.45, 7) is 1.16. The first-order chi connectivity index (χ1) is 7.29. The molecule has 0 spiro atoms. The van der Waals surface area contributed by atoms with Crippen LogP contribution in [0.3, 0.4) is 0 Å². The maximum Gasteiger partial charge on any atom is 0.0678 e. The molecule has 0 amide bonds. The maximum atomic E-state index is 5.61.